The number of hydrogen-bond acceptors (Lipinski definition) is 4. The second-order valence-electron chi connectivity index (χ2n) is 9.10. The molecule has 1 spiro atoms. The summed E-state index contributed by atoms with van der Waals surface area (Å²) in [7, 11) is 0. The lowest BCUT2D eigenvalue weighted by Crippen LogP contribution is -2.54. The second-order valence-corrected chi connectivity index (χ2v) is 9.10. The molecule has 2 amide bonds. The highest BCUT2D eigenvalue weighted by Gasteiger charge is 2.47. The van der Waals surface area contributed by atoms with Crippen LogP contribution in [0, 0.1) is 19.8 Å². The van der Waals surface area contributed by atoms with Crippen molar-refractivity contribution in [2.24, 2.45) is 5.92 Å². The van der Waals surface area contributed by atoms with Crippen LogP contribution >= 0.6 is 0 Å². The van der Waals surface area contributed by atoms with E-state index in [0.717, 1.165) is 49.4 Å². The lowest BCUT2D eigenvalue weighted by molar-refractivity contribution is -0.137. The zero-order valence-corrected chi connectivity index (χ0v) is 17.3. The number of aromatic nitrogens is 1. The van der Waals surface area contributed by atoms with Crippen LogP contribution in [0.5, 0.6) is 0 Å². The number of nitrogens with zero attached hydrogens (tertiary/aromatic N) is 3. The first kappa shape index (κ1) is 19.5. The molecule has 1 saturated carbocycles. The van der Waals surface area contributed by atoms with Gasteiger partial charge in [0.05, 0.1) is 12.2 Å². The summed E-state index contributed by atoms with van der Waals surface area (Å²) in [5.74, 6) is 1.93. The average molecular weight is 388 g/mol. The van der Waals surface area contributed by atoms with Crippen LogP contribution in [-0.4, -0.2) is 45.4 Å². The zero-order chi connectivity index (χ0) is 19.7. The van der Waals surface area contributed by atoms with Gasteiger partial charge < -0.3 is 14.3 Å². The van der Waals surface area contributed by atoms with E-state index in [1.165, 1.54) is 32.1 Å². The molecule has 0 unspecified atom stereocenters. The van der Waals surface area contributed by atoms with Gasteiger partial charge in [-0.3, -0.25) is 9.59 Å². The molecule has 1 aromatic rings. The van der Waals surface area contributed by atoms with Gasteiger partial charge in [-0.25, -0.2) is 0 Å². The minimum Gasteiger partial charge on any atom is -0.361 e. The number of carbonyl (C=O) groups excluding carboxylic acids is 2. The van der Waals surface area contributed by atoms with E-state index in [4.69, 9.17) is 4.52 Å². The molecule has 0 aromatic carbocycles. The second kappa shape index (κ2) is 7.88. The van der Waals surface area contributed by atoms with Gasteiger partial charge in [0.15, 0.2) is 0 Å². The summed E-state index contributed by atoms with van der Waals surface area (Å²) in [6.45, 7) is 5.98. The normalized spacial score (nSPS) is 23.0. The molecule has 0 radical (unpaired) electrons. The van der Waals surface area contributed by atoms with E-state index in [-0.39, 0.29) is 11.4 Å². The molecular weight excluding hydrogens is 354 g/mol. The van der Waals surface area contributed by atoms with Gasteiger partial charge in [0.1, 0.15) is 5.76 Å². The Morgan fingerprint density at radius 3 is 2.50 bits per heavy atom. The van der Waals surface area contributed by atoms with E-state index in [1.54, 1.807) is 0 Å². The van der Waals surface area contributed by atoms with Crippen LogP contribution in [0.25, 0.3) is 0 Å². The van der Waals surface area contributed by atoms with E-state index in [1.807, 2.05) is 13.8 Å². The number of likely N-dealkylation sites (tertiary alicyclic amines) is 2. The molecule has 3 fully saturated rings. The van der Waals surface area contributed by atoms with Crippen molar-refractivity contribution in [2.45, 2.75) is 90.1 Å². The lowest BCUT2D eigenvalue weighted by Gasteiger charge is -2.45. The smallest absolute Gasteiger partial charge is 0.223 e. The van der Waals surface area contributed by atoms with Crippen LogP contribution in [-0.2, 0) is 16.1 Å². The van der Waals surface area contributed by atoms with Crippen molar-refractivity contribution >= 4 is 11.8 Å². The first-order chi connectivity index (χ1) is 13.5. The highest BCUT2D eigenvalue weighted by atomic mass is 16.5. The Morgan fingerprint density at radius 1 is 1.14 bits per heavy atom. The van der Waals surface area contributed by atoms with Gasteiger partial charge in [-0.2, -0.15) is 0 Å². The standard InChI is InChI=1S/C22H33N3O3/c1-16-19(17(2)28-23-16)15-25-20(26)8-9-22(25)10-12-24(13-11-22)21(27)14-18-6-4-3-5-7-18/h18H,3-15H2,1-2H3. The van der Waals surface area contributed by atoms with Gasteiger partial charge in [0.2, 0.25) is 11.8 Å². The Bertz CT molecular complexity index is 708. The van der Waals surface area contributed by atoms with Crippen molar-refractivity contribution in [2.75, 3.05) is 13.1 Å². The Morgan fingerprint density at radius 2 is 1.86 bits per heavy atom. The molecule has 0 N–H and O–H groups in total. The zero-order valence-electron chi connectivity index (χ0n) is 17.3. The first-order valence-electron chi connectivity index (χ1n) is 11.0. The van der Waals surface area contributed by atoms with Crippen molar-refractivity contribution in [3.8, 4) is 0 Å². The number of piperidine rings is 1. The Hall–Kier alpha value is -1.85. The van der Waals surface area contributed by atoms with Crippen molar-refractivity contribution < 1.29 is 14.1 Å². The maximum Gasteiger partial charge on any atom is 0.223 e. The molecular formula is C22H33N3O3. The van der Waals surface area contributed by atoms with E-state index in [0.29, 0.717) is 31.2 Å². The van der Waals surface area contributed by atoms with Crippen molar-refractivity contribution in [3.05, 3.63) is 17.0 Å². The minimum atomic E-state index is -0.102. The number of rotatable bonds is 4. The summed E-state index contributed by atoms with van der Waals surface area (Å²) in [5.41, 5.74) is 1.80. The number of amides is 2. The van der Waals surface area contributed by atoms with Crippen molar-refractivity contribution in [3.63, 3.8) is 0 Å². The number of carbonyl (C=O) groups is 2. The van der Waals surface area contributed by atoms with E-state index >= 15 is 0 Å². The van der Waals surface area contributed by atoms with Gasteiger partial charge in [-0.05, 0) is 51.9 Å². The van der Waals surface area contributed by atoms with Gasteiger partial charge in [-0.1, -0.05) is 24.4 Å². The number of hydrogen-bond donors (Lipinski definition) is 0. The fraction of sp³-hybridized carbons (Fsp3) is 0.773. The Labute approximate surface area is 167 Å². The maximum absolute atomic E-state index is 12.8. The monoisotopic (exact) mass is 387 g/mol. The molecule has 3 heterocycles. The highest BCUT2D eigenvalue weighted by molar-refractivity contribution is 5.80. The molecule has 2 saturated heterocycles. The third-order valence-electron chi connectivity index (χ3n) is 7.41. The third-order valence-corrected chi connectivity index (χ3v) is 7.41. The third kappa shape index (κ3) is 3.70. The Kier molecular flexibility index (Phi) is 5.48. The largest absolute Gasteiger partial charge is 0.361 e. The highest BCUT2D eigenvalue weighted by Crippen LogP contribution is 2.41. The van der Waals surface area contributed by atoms with Gasteiger partial charge in [0, 0.05) is 37.0 Å². The summed E-state index contributed by atoms with van der Waals surface area (Å²) in [4.78, 5) is 29.6. The molecule has 4 rings (SSSR count). The molecule has 1 aliphatic carbocycles. The molecule has 6 nitrogen and oxygen atoms in total. The van der Waals surface area contributed by atoms with E-state index in [9.17, 15) is 9.59 Å². The quantitative estimate of drug-likeness (QED) is 0.789. The van der Waals surface area contributed by atoms with Gasteiger partial charge in [-0.15, -0.1) is 0 Å². The summed E-state index contributed by atoms with van der Waals surface area (Å²) >= 11 is 0. The van der Waals surface area contributed by atoms with Crippen LogP contribution < -0.4 is 0 Å². The maximum atomic E-state index is 12.8. The van der Waals surface area contributed by atoms with Gasteiger partial charge in [0.25, 0.3) is 0 Å². The molecule has 2 aliphatic heterocycles. The van der Waals surface area contributed by atoms with E-state index < -0.39 is 0 Å². The van der Waals surface area contributed by atoms with Crippen LogP contribution in [0.15, 0.2) is 4.52 Å². The topological polar surface area (TPSA) is 66.7 Å². The molecule has 154 valence electrons. The first-order valence-corrected chi connectivity index (χ1v) is 11.0. The predicted molar refractivity (Wildman–Crippen MR) is 105 cm³/mol. The molecule has 6 heteroatoms. The minimum absolute atomic E-state index is 0.102. The fourth-order valence-electron chi connectivity index (χ4n) is 5.48. The lowest BCUT2D eigenvalue weighted by atomic mass is 9.83. The summed E-state index contributed by atoms with van der Waals surface area (Å²) in [6.07, 6.45) is 10.3. The van der Waals surface area contributed by atoms with E-state index in [2.05, 4.69) is 15.0 Å². The van der Waals surface area contributed by atoms with Crippen LogP contribution in [0.1, 0.15) is 81.2 Å². The fourth-order valence-corrected chi connectivity index (χ4v) is 5.48. The van der Waals surface area contributed by atoms with Crippen LogP contribution in [0.2, 0.25) is 0 Å². The molecule has 28 heavy (non-hydrogen) atoms. The van der Waals surface area contributed by atoms with Gasteiger partial charge >= 0.3 is 0 Å². The van der Waals surface area contributed by atoms with Crippen molar-refractivity contribution in [1.29, 1.82) is 0 Å². The molecule has 3 aliphatic rings. The Balaban J connectivity index is 1.39. The number of aryl methyl sites for hydroxylation is 2. The summed E-state index contributed by atoms with van der Waals surface area (Å²) in [6, 6.07) is 0. The molecule has 0 bridgehead atoms. The summed E-state index contributed by atoms with van der Waals surface area (Å²) < 4.78 is 5.30. The van der Waals surface area contributed by atoms with Crippen LogP contribution in [0.4, 0.5) is 0 Å². The predicted octanol–water partition coefficient (Wildman–Crippen LogP) is 3.75. The average Bonchev–Trinajstić information content (AvgIpc) is 3.18. The molecule has 0 atom stereocenters. The molecule has 1 aromatic heterocycles. The SMILES string of the molecule is Cc1noc(C)c1CN1C(=O)CCC12CCN(C(=O)CC1CCCCC1)CC2. The summed E-state index contributed by atoms with van der Waals surface area (Å²) in [5, 5.41) is 4.04. The van der Waals surface area contributed by atoms with Crippen molar-refractivity contribution in [1.82, 2.24) is 15.0 Å². The van der Waals surface area contributed by atoms with Crippen LogP contribution in [0.3, 0.4) is 0 Å².